The SMILES string of the molecule is Cc1cc(Br)c(NC(=O)COC(=O)c2cc3ccccc3o2)c(Br)c1. The van der Waals surface area contributed by atoms with Crippen LogP contribution in [0, 0.1) is 6.92 Å². The van der Waals surface area contributed by atoms with Gasteiger partial charge in [0.05, 0.1) is 5.69 Å². The largest absolute Gasteiger partial charge is 0.450 e. The Hall–Kier alpha value is -2.12. The average molecular weight is 467 g/mol. The second-order valence-electron chi connectivity index (χ2n) is 5.38. The third-order valence-electron chi connectivity index (χ3n) is 3.41. The molecule has 0 saturated carbocycles. The molecule has 1 heterocycles. The Morgan fingerprint density at radius 3 is 2.48 bits per heavy atom. The minimum absolute atomic E-state index is 0.0618. The molecule has 0 saturated heterocycles. The van der Waals surface area contributed by atoms with Crippen molar-refractivity contribution in [2.45, 2.75) is 6.92 Å². The highest BCUT2D eigenvalue weighted by Crippen LogP contribution is 2.32. The van der Waals surface area contributed by atoms with Crippen LogP contribution < -0.4 is 5.32 Å². The maximum atomic E-state index is 12.0. The number of carbonyl (C=O) groups is 2. The zero-order valence-corrected chi connectivity index (χ0v) is 16.3. The molecular weight excluding hydrogens is 454 g/mol. The van der Waals surface area contributed by atoms with E-state index in [0.717, 1.165) is 19.9 Å². The molecule has 7 heteroatoms. The van der Waals surface area contributed by atoms with E-state index in [4.69, 9.17) is 9.15 Å². The lowest BCUT2D eigenvalue weighted by atomic mass is 10.2. The number of amides is 1. The van der Waals surface area contributed by atoms with Gasteiger partial charge in [0.25, 0.3) is 5.91 Å². The number of aryl methyl sites for hydroxylation is 1. The molecule has 25 heavy (non-hydrogen) atoms. The number of para-hydroxylation sites is 1. The van der Waals surface area contributed by atoms with Crippen LogP contribution >= 0.6 is 31.9 Å². The topological polar surface area (TPSA) is 68.5 Å². The molecule has 1 aromatic heterocycles. The molecule has 0 aliphatic carbocycles. The second kappa shape index (κ2) is 7.41. The van der Waals surface area contributed by atoms with Crippen LogP contribution in [0.2, 0.25) is 0 Å². The number of esters is 1. The molecule has 0 fully saturated rings. The van der Waals surface area contributed by atoms with E-state index in [1.165, 1.54) is 0 Å². The van der Waals surface area contributed by atoms with Gasteiger partial charge in [0, 0.05) is 14.3 Å². The van der Waals surface area contributed by atoms with E-state index in [1.54, 1.807) is 12.1 Å². The maximum Gasteiger partial charge on any atom is 0.374 e. The summed E-state index contributed by atoms with van der Waals surface area (Å²) in [5.74, 6) is -1.07. The highest BCUT2D eigenvalue weighted by molar-refractivity contribution is 9.11. The Morgan fingerprint density at radius 2 is 1.80 bits per heavy atom. The molecule has 0 unspecified atom stereocenters. The first kappa shape index (κ1) is 17.7. The van der Waals surface area contributed by atoms with Crippen LogP contribution in [0.1, 0.15) is 16.1 Å². The van der Waals surface area contributed by atoms with Gasteiger partial charge in [0.1, 0.15) is 5.58 Å². The van der Waals surface area contributed by atoms with Crippen molar-refractivity contribution in [2.75, 3.05) is 11.9 Å². The summed E-state index contributed by atoms with van der Waals surface area (Å²) < 4.78 is 11.9. The normalized spacial score (nSPS) is 10.7. The molecule has 3 aromatic rings. The summed E-state index contributed by atoms with van der Waals surface area (Å²) in [6, 6.07) is 12.6. The van der Waals surface area contributed by atoms with Crippen LogP contribution in [0.5, 0.6) is 0 Å². The van der Waals surface area contributed by atoms with Gasteiger partial charge < -0.3 is 14.5 Å². The number of fused-ring (bicyclic) bond motifs is 1. The summed E-state index contributed by atoms with van der Waals surface area (Å²) in [5.41, 5.74) is 2.20. The first-order valence-corrected chi connectivity index (χ1v) is 8.94. The molecule has 0 atom stereocenters. The third kappa shape index (κ3) is 4.11. The number of halogens is 2. The number of furan rings is 1. The average Bonchev–Trinajstić information content (AvgIpc) is 3.00. The Morgan fingerprint density at radius 1 is 1.12 bits per heavy atom. The van der Waals surface area contributed by atoms with Crippen LogP contribution in [0.4, 0.5) is 5.69 Å². The van der Waals surface area contributed by atoms with Gasteiger partial charge in [-0.05, 0) is 68.6 Å². The number of benzene rings is 2. The molecule has 3 rings (SSSR count). The summed E-state index contributed by atoms with van der Waals surface area (Å²) in [5, 5.41) is 3.50. The predicted molar refractivity (Wildman–Crippen MR) is 102 cm³/mol. The van der Waals surface area contributed by atoms with Crippen LogP contribution in [-0.2, 0) is 9.53 Å². The monoisotopic (exact) mass is 465 g/mol. The number of nitrogens with one attached hydrogen (secondary N) is 1. The second-order valence-corrected chi connectivity index (χ2v) is 7.09. The zero-order valence-electron chi connectivity index (χ0n) is 13.1. The van der Waals surface area contributed by atoms with Crippen LogP contribution in [-0.4, -0.2) is 18.5 Å². The van der Waals surface area contributed by atoms with Crippen molar-refractivity contribution in [1.82, 2.24) is 0 Å². The number of hydrogen-bond acceptors (Lipinski definition) is 4. The lowest BCUT2D eigenvalue weighted by Gasteiger charge is -2.10. The zero-order chi connectivity index (χ0) is 18.0. The van der Waals surface area contributed by atoms with Crippen molar-refractivity contribution in [3.63, 3.8) is 0 Å². The van der Waals surface area contributed by atoms with E-state index in [9.17, 15) is 9.59 Å². The Balaban J connectivity index is 1.63. The first-order valence-electron chi connectivity index (χ1n) is 7.35. The Labute approximate surface area is 160 Å². The molecule has 2 aromatic carbocycles. The molecule has 0 bridgehead atoms. The fraction of sp³-hybridized carbons (Fsp3) is 0.111. The molecule has 0 spiro atoms. The number of hydrogen-bond donors (Lipinski definition) is 1. The standard InChI is InChI=1S/C18H13Br2NO4/c1-10-6-12(19)17(13(20)7-10)21-16(22)9-24-18(23)15-8-11-4-2-3-5-14(11)25-15/h2-8H,9H2,1H3,(H,21,22). The van der Waals surface area contributed by atoms with E-state index in [2.05, 4.69) is 37.2 Å². The molecular formula is C18H13Br2NO4. The van der Waals surface area contributed by atoms with Gasteiger partial charge >= 0.3 is 5.97 Å². The Bertz CT molecular complexity index is 909. The molecule has 5 nitrogen and oxygen atoms in total. The van der Waals surface area contributed by atoms with Crippen LogP contribution in [0.25, 0.3) is 11.0 Å². The van der Waals surface area contributed by atoms with Gasteiger partial charge in [-0.15, -0.1) is 0 Å². The van der Waals surface area contributed by atoms with Crippen molar-refractivity contribution in [1.29, 1.82) is 0 Å². The van der Waals surface area contributed by atoms with Gasteiger partial charge in [0.2, 0.25) is 5.76 Å². The molecule has 128 valence electrons. The van der Waals surface area contributed by atoms with Crippen molar-refractivity contribution in [3.8, 4) is 0 Å². The lowest BCUT2D eigenvalue weighted by Crippen LogP contribution is -2.21. The third-order valence-corrected chi connectivity index (χ3v) is 4.66. The van der Waals surface area contributed by atoms with E-state index >= 15 is 0 Å². The van der Waals surface area contributed by atoms with Crippen molar-refractivity contribution >= 4 is 60.4 Å². The van der Waals surface area contributed by atoms with Gasteiger partial charge in [-0.2, -0.15) is 0 Å². The maximum absolute atomic E-state index is 12.0. The van der Waals surface area contributed by atoms with Gasteiger partial charge in [-0.3, -0.25) is 4.79 Å². The predicted octanol–water partition coefficient (Wildman–Crippen LogP) is 5.06. The molecule has 0 aliphatic rings. The van der Waals surface area contributed by atoms with Gasteiger partial charge in [-0.25, -0.2) is 4.79 Å². The molecule has 0 aliphatic heterocycles. The minimum atomic E-state index is -0.687. The van der Waals surface area contributed by atoms with E-state index in [-0.39, 0.29) is 5.76 Å². The summed E-state index contributed by atoms with van der Waals surface area (Å²) in [7, 11) is 0. The van der Waals surface area contributed by atoms with E-state index in [0.29, 0.717) is 11.3 Å². The van der Waals surface area contributed by atoms with Gasteiger partial charge in [0.15, 0.2) is 6.61 Å². The van der Waals surface area contributed by atoms with Crippen molar-refractivity contribution < 1.29 is 18.7 Å². The van der Waals surface area contributed by atoms with E-state index in [1.807, 2.05) is 37.3 Å². The summed E-state index contributed by atoms with van der Waals surface area (Å²) >= 11 is 6.79. The van der Waals surface area contributed by atoms with Crippen LogP contribution in [0.15, 0.2) is 55.8 Å². The quantitative estimate of drug-likeness (QED) is 0.545. The number of ether oxygens (including phenoxy) is 1. The molecule has 1 amide bonds. The fourth-order valence-corrected chi connectivity index (χ4v) is 3.89. The van der Waals surface area contributed by atoms with Crippen molar-refractivity contribution in [2.24, 2.45) is 0 Å². The summed E-state index contributed by atoms with van der Waals surface area (Å²) in [4.78, 5) is 24.1. The summed E-state index contributed by atoms with van der Waals surface area (Å²) in [6.45, 7) is 1.53. The lowest BCUT2D eigenvalue weighted by molar-refractivity contribution is -0.119. The molecule has 0 radical (unpaired) electrons. The van der Waals surface area contributed by atoms with Crippen LogP contribution in [0.3, 0.4) is 0 Å². The van der Waals surface area contributed by atoms with Crippen molar-refractivity contribution in [3.05, 3.63) is 62.7 Å². The Kier molecular flexibility index (Phi) is 5.24. The molecule has 1 N–H and O–H groups in total. The highest BCUT2D eigenvalue weighted by Gasteiger charge is 2.16. The smallest absolute Gasteiger partial charge is 0.374 e. The number of carbonyl (C=O) groups excluding carboxylic acids is 2. The summed E-state index contributed by atoms with van der Waals surface area (Å²) in [6.07, 6.45) is 0. The number of rotatable bonds is 4. The first-order chi connectivity index (χ1) is 11.9. The minimum Gasteiger partial charge on any atom is -0.450 e. The van der Waals surface area contributed by atoms with Gasteiger partial charge in [-0.1, -0.05) is 18.2 Å². The fourth-order valence-electron chi connectivity index (χ4n) is 2.28. The highest BCUT2D eigenvalue weighted by atomic mass is 79.9. The number of anilines is 1. The van der Waals surface area contributed by atoms with E-state index < -0.39 is 18.5 Å².